The van der Waals surface area contributed by atoms with Crippen LogP contribution in [0.25, 0.3) is 0 Å². The first-order chi connectivity index (χ1) is 11.4. The van der Waals surface area contributed by atoms with E-state index in [0.29, 0.717) is 0 Å². The average molecular weight is 581 g/mol. The van der Waals surface area contributed by atoms with Gasteiger partial charge in [0.25, 0.3) is 0 Å². The molecule has 0 amide bonds. The van der Waals surface area contributed by atoms with Gasteiger partial charge in [0.15, 0.2) is 0 Å². The van der Waals surface area contributed by atoms with Crippen molar-refractivity contribution in [2.75, 3.05) is 0 Å². The molecule has 0 fully saturated rings. The van der Waals surface area contributed by atoms with Crippen molar-refractivity contribution in [2.45, 2.75) is 91.4 Å². The number of rotatable bonds is 4. The Morgan fingerprint density at radius 2 is 0.759 bits per heavy atom. The van der Waals surface area contributed by atoms with Crippen molar-refractivity contribution in [3.8, 4) is 0 Å². The second kappa shape index (κ2) is 12.5. The molecule has 0 saturated heterocycles. The van der Waals surface area contributed by atoms with Crippen molar-refractivity contribution in [1.29, 1.82) is 0 Å². The van der Waals surface area contributed by atoms with Gasteiger partial charge >= 0.3 is 26.2 Å². The second-order valence-electron chi connectivity index (χ2n) is 11.9. The van der Waals surface area contributed by atoms with Crippen LogP contribution >= 0.6 is 0 Å². The van der Waals surface area contributed by atoms with Crippen molar-refractivity contribution < 1.29 is 51.0 Å². The van der Waals surface area contributed by atoms with Gasteiger partial charge in [-0.05, 0) is 0 Å². The molecule has 2 aliphatic carbocycles. The van der Waals surface area contributed by atoms with E-state index in [0.717, 1.165) is 0 Å². The van der Waals surface area contributed by atoms with Gasteiger partial charge in [-0.25, -0.2) is 22.5 Å². The first-order valence-electron chi connectivity index (χ1n) is 10.1. The summed E-state index contributed by atoms with van der Waals surface area (Å²) in [7, 11) is -4.32. The van der Waals surface area contributed by atoms with Crippen LogP contribution in [0.4, 0.5) is 0 Å². The van der Waals surface area contributed by atoms with Crippen LogP contribution in [0.2, 0.25) is 78.6 Å². The third kappa shape index (κ3) is 11.6. The number of hydrogen-bond donors (Lipinski definition) is 0. The molecule has 0 radical (unpaired) electrons. The smallest absolute Gasteiger partial charge is 1.00 e. The van der Waals surface area contributed by atoms with Crippen molar-refractivity contribution in [2.24, 2.45) is 0 Å². The van der Waals surface area contributed by atoms with Crippen LogP contribution in [0.5, 0.6) is 0 Å². The fourth-order valence-corrected chi connectivity index (χ4v) is 8.09. The van der Waals surface area contributed by atoms with E-state index in [1.807, 2.05) is 0 Å². The first-order valence-corrected chi connectivity index (χ1v) is 24.1. The Hall–Kier alpha value is 1.29. The molecule has 0 aromatic rings. The summed E-state index contributed by atoms with van der Waals surface area (Å²) in [6.45, 7) is 28.9. The molecule has 0 aromatic heterocycles. The van der Waals surface area contributed by atoms with Gasteiger partial charge < -0.3 is 24.8 Å². The molecule has 0 heterocycles. The monoisotopic (exact) mass is 578 g/mol. The van der Waals surface area contributed by atoms with Crippen molar-refractivity contribution in [3.63, 3.8) is 0 Å². The minimum Gasteiger partial charge on any atom is -1.00 e. The minimum absolute atomic E-state index is 0. The Kier molecular flexibility index (Phi) is 15.1. The molecule has 0 aromatic carbocycles. The normalized spacial score (nSPS) is 16.7. The van der Waals surface area contributed by atoms with Crippen LogP contribution in [0.3, 0.4) is 0 Å². The molecule has 164 valence electrons. The Balaban J connectivity index is -0.000000422. The molecule has 2 rings (SSSR count). The van der Waals surface area contributed by atoms with Gasteiger partial charge in [0.05, 0.1) is 16.1 Å². The van der Waals surface area contributed by atoms with Crippen molar-refractivity contribution in [1.82, 2.24) is 0 Å². The largest absolute Gasteiger partial charge is 4.00 e. The predicted molar refractivity (Wildman–Crippen MR) is 132 cm³/mol. The zero-order valence-corrected chi connectivity index (χ0v) is 28.8. The number of halogens is 2. The third-order valence-corrected chi connectivity index (χ3v) is 13.2. The summed E-state index contributed by atoms with van der Waals surface area (Å²) in [4.78, 5) is 0. The van der Waals surface area contributed by atoms with Gasteiger partial charge in [-0.3, -0.25) is 12.2 Å². The molecule has 0 atom stereocenters. The fraction of sp³-hybridized carbons (Fsp3) is 0.636. The van der Waals surface area contributed by atoms with Gasteiger partial charge in [-0.15, -0.1) is 12.8 Å². The van der Waals surface area contributed by atoms with Crippen LogP contribution in [0.15, 0.2) is 32.9 Å². The first kappa shape index (κ1) is 34.9. The Bertz CT molecular complexity index is 592. The molecular weight excluding hydrogens is 539 g/mol. The van der Waals surface area contributed by atoms with Crippen molar-refractivity contribution in [3.05, 3.63) is 45.1 Å². The molecule has 0 aliphatic heterocycles. The van der Waals surface area contributed by atoms with Crippen LogP contribution in [-0.2, 0) is 26.2 Å². The van der Waals surface area contributed by atoms with E-state index in [1.54, 1.807) is 20.8 Å². The summed E-state index contributed by atoms with van der Waals surface area (Å²) in [6.07, 6.45) is 14.6. The Morgan fingerprint density at radius 3 is 0.862 bits per heavy atom. The standard InChI is InChI=1S/2C11H21Si2.2ClH.Zr/c2*1-12(2,3)10-7-8-11(9-10)13(4,5)6;;;/h2*7H,8H2,1-6H3;2*1H;/q2*-1;;;+4/p-2. The van der Waals surface area contributed by atoms with E-state index in [-0.39, 0.29) is 51.0 Å². The van der Waals surface area contributed by atoms with E-state index < -0.39 is 32.3 Å². The molecule has 0 spiro atoms. The van der Waals surface area contributed by atoms with Gasteiger partial charge in [0, 0.05) is 16.1 Å². The van der Waals surface area contributed by atoms with Gasteiger partial charge in [-0.1, -0.05) is 78.6 Å². The third-order valence-electron chi connectivity index (χ3n) is 5.02. The molecule has 0 bridgehead atoms. The SMILES string of the molecule is C[Si](C)(C)C1=[C-]C([Si](C)(C)C)=CC1.C[Si](C)(C)C1=[C-]C([Si](C)(C)C)=CC1.[Cl-].[Cl-].[Zr+4]. The van der Waals surface area contributed by atoms with E-state index >= 15 is 0 Å². The quantitative estimate of drug-likeness (QED) is 0.350. The summed E-state index contributed by atoms with van der Waals surface area (Å²) in [6, 6.07) is 0. The summed E-state index contributed by atoms with van der Waals surface area (Å²) >= 11 is 0. The zero-order chi connectivity index (χ0) is 20.6. The Labute approximate surface area is 218 Å². The number of allylic oxidation sites excluding steroid dienone is 8. The summed E-state index contributed by atoms with van der Waals surface area (Å²) in [5, 5.41) is 6.32. The Morgan fingerprint density at radius 1 is 0.517 bits per heavy atom. The van der Waals surface area contributed by atoms with E-state index in [4.69, 9.17) is 0 Å². The van der Waals surface area contributed by atoms with Crippen molar-refractivity contribution >= 4 is 32.3 Å². The summed E-state index contributed by atoms with van der Waals surface area (Å²) < 4.78 is 0. The van der Waals surface area contributed by atoms with Gasteiger partial charge in [0.2, 0.25) is 0 Å². The predicted octanol–water partition coefficient (Wildman–Crippen LogP) is 1.61. The average Bonchev–Trinajstić information content (AvgIpc) is 3.06. The molecule has 0 N–H and O–H groups in total. The summed E-state index contributed by atoms with van der Waals surface area (Å²) in [5.74, 6) is 0. The summed E-state index contributed by atoms with van der Waals surface area (Å²) in [5.41, 5.74) is 0. The number of hydrogen-bond acceptors (Lipinski definition) is 0. The molecular formula is C22H42Cl2Si4Zr. The molecule has 29 heavy (non-hydrogen) atoms. The second-order valence-corrected chi connectivity index (χ2v) is 32.1. The molecule has 7 heteroatoms. The fourth-order valence-electron chi connectivity index (χ4n) is 2.91. The maximum atomic E-state index is 3.67. The maximum Gasteiger partial charge on any atom is 4.00 e. The molecule has 2 aliphatic rings. The van der Waals surface area contributed by atoms with E-state index in [1.165, 1.54) is 12.8 Å². The van der Waals surface area contributed by atoms with Crippen LogP contribution < -0.4 is 24.8 Å². The van der Waals surface area contributed by atoms with Crippen LogP contribution in [-0.4, -0.2) is 32.3 Å². The molecule has 0 nitrogen and oxygen atoms in total. The minimum atomic E-state index is -1.09. The van der Waals surface area contributed by atoms with Gasteiger partial charge in [0.1, 0.15) is 0 Å². The van der Waals surface area contributed by atoms with E-state index in [2.05, 4.69) is 103 Å². The zero-order valence-electron chi connectivity index (χ0n) is 20.8. The van der Waals surface area contributed by atoms with E-state index in [9.17, 15) is 0 Å². The molecule has 0 unspecified atom stereocenters. The van der Waals surface area contributed by atoms with Crippen LogP contribution in [0, 0.1) is 12.2 Å². The topological polar surface area (TPSA) is 0 Å². The molecule has 0 saturated carbocycles. The van der Waals surface area contributed by atoms with Crippen LogP contribution in [0.1, 0.15) is 12.8 Å². The maximum absolute atomic E-state index is 3.67. The van der Waals surface area contributed by atoms with Gasteiger partial charge in [-0.2, -0.15) is 10.4 Å².